The summed E-state index contributed by atoms with van der Waals surface area (Å²) >= 11 is 0. The second kappa shape index (κ2) is 5.80. The average Bonchev–Trinajstić information content (AvgIpc) is 2.55. The van der Waals surface area contributed by atoms with Crippen molar-refractivity contribution in [2.45, 2.75) is 6.54 Å². The predicted octanol–water partition coefficient (Wildman–Crippen LogP) is 1.56. The Bertz CT molecular complexity index is 656. The molecule has 1 aromatic carbocycles. The van der Waals surface area contributed by atoms with Gasteiger partial charge in [0.15, 0.2) is 11.5 Å². The van der Waals surface area contributed by atoms with E-state index in [0.717, 1.165) is 5.56 Å². The fourth-order valence-corrected chi connectivity index (χ4v) is 1.99. The van der Waals surface area contributed by atoms with Crippen molar-refractivity contribution in [1.29, 1.82) is 0 Å². The van der Waals surface area contributed by atoms with Crippen molar-refractivity contribution < 1.29 is 14.3 Å². The molecular formula is C15H15N3O3. The van der Waals surface area contributed by atoms with Crippen molar-refractivity contribution in [2.24, 2.45) is 5.73 Å². The van der Waals surface area contributed by atoms with Crippen LogP contribution in [0.25, 0.3) is 0 Å². The number of nitrogens with zero attached hydrogens (tertiary/aromatic N) is 1. The first-order chi connectivity index (χ1) is 10.3. The lowest BCUT2D eigenvalue weighted by Crippen LogP contribution is -2.17. The lowest BCUT2D eigenvalue weighted by molar-refractivity contribution is 0.102. The number of nitrogens with two attached hydrogens (primary N) is 1. The highest BCUT2D eigenvalue weighted by Crippen LogP contribution is 2.30. The van der Waals surface area contributed by atoms with Gasteiger partial charge >= 0.3 is 0 Å². The van der Waals surface area contributed by atoms with Crippen LogP contribution in [-0.4, -0.2) is 24.1 Å². The zero-order valence-corrected chi connectivity index (χ0v) is 11.3. The number of carbonyl (C=O) groups excluding carboxylic acids is 1. The van der Waals surface area contributed by atoms with Gasteiger partial charge in [-0.3, -0.25) is 4.79 Å². The van der Waals surface area contributed by atoms with E-state index in [-0.39, 0.29) is 5.91 Å². The Morgan fingerprint density at radius 3 is 2.71 bits per heavy atom. The van der Waals surface area contributed by atoms with Gasteiger partial charge in [-0.2, -0.15) is 0 Å². The molecule has 0 unspecified atom stereocenters. The minimum absolute atomic E-state index is 0.250. The van der Waals surface area contributed by atoms with Gasteiger partial charge < -0.3 is 20.5 Å². The maximum atomic E-state index is 12.2. The molecule has 1 amide bonds. The van der Waals surface area contributed by atoms with Crippen LogP contribution in [-0.2, 0) is 6.54 Å². The first-order valence-corrected chi connectivity index (χ1v) is 6.62. The second-order valence-corrected chi connectivity index (χ2v) is 4.57. The number of carbonyl (C=O) groups is 1. The molecule has 0 radical (unpaired) electrons. The van der Waals surface area contributed by atoms with Gasteiger partial charge in [0, 0.05) is 18.3 Å². The highest BCUT2D eigenvalue weighted by atomic mass is 16.6. The summed E-state index contributed by atoms with van der Waals surface area (Å²) in [6.07, 6.45) is 1.64. The van der Waals surface area contributed by atoms with E-state index in [2.05, 4.69) is 10.3 Å². The molecule has 0 bridgehead atoms. The Morgan fingerprint density at radius 1 is 1.19 bits per heavy atom. The molecule has 3 N–H and O–H groups in total. The molecule has 0 aliphatic carbocycles. The number of anilines is 1. The van der Waals surface area contributed by atoms with Crippen LogP contribution in [0.2, 0.25) is 0 Å². The lowest BCUT2D eigenvalue weighted by atomic mass is 10.2. The largest absolute Gasteiger partial charge is 0.486 e. The van der Waals surface area contributed by atoms with Crippen LogP contribution < -0.4 is 20.5 Å². The Labute approximate surface area is 121 Å². The van der Waals surface area contributed by atoms with Gasteiger partial charge in [0.05, 0.1) is 0 Å². The third-order valence-corrected chi connectivity index (χ3v) is 3.11. The maximum Gasteiger partial charge on any atom is 0.256 e. The fraction of sp³-hybridized carbons (Fsp3) is 0.200. The number of rotatable bonds is 3. The first-order valence-electron chi connectivity index (χ1n) is 6.62. The molecule has 0 atom stereocenters. The van der Waals surface area contributed by atoms with Crippen LogP contribution in [0, 0.1) is 0 Å². The number of amides is 1. The Kier molecular flexibility index (Phi) is 3.70. The first kappa shape index (κ1) is 13.4. The number of ether oxygens (including phenoxy) is 2. The van der Waals surface area contributed by atoms with E-state index in [1.165, 1.54) is 0 Å². The van der Waals surface area contributed by atoms with Crippen molar-refractivity contribution in [3.05, 3.63) is 47.7 Å². The summed E-state index contributed by atoms with van der Waals surface area (Å²) in [5.74, 6) is 1.47. The summed E-state index contributed by atoms with van der Waals surface area (Å²) in [7, 11) is 0. The molecule has 21 heavy (non-hydrogen) atoms. The van der Waals surface area contributed by atoms with E-state index in [1.54, 1.807) is 30.5 Å². The van der Waals surface area contributed by atoms with Gasteiger partial charge in [-0.25, -0.2) is 4.98 Å². The quantitative estimate of drug-likeness (QED) is 0.893. The number of pyridine rings is 1. The fourth-order valence-electron chi connectivity index (χ4n) is 1.99. The number of aromatic nitrogens is 1. The van der Waals surface area contributed by atoms with E-state index >= 15 is 0 Å². The number of benzene rings is 1. The van der Waals surface area contributed by atoms with E-state index in [1.807, 2.05) is 6.07 Å². The third-order valence-electron chi connectivity index (χ3n) is 3.11. The van der Waals surface area contributed by atoms with Crippen molar-refractivity contribution in [3.8, 4) is 11.5 Å². The van der Waals surface area contributed by atoms with Gasteiger partial charge in [0.1, 0.15) is 19.0 Å². The van der Waals surface area contributed by atoms with Crippen LogP contribution in [0.1, 0.15) is 15.9 Å². The number of fused-ring (bicyclic) bond motifs is 1. The molecule has 0 saturated heterocycles. The zero-order valence-electron chi connectivity index (χ0n) is 11.3. The highest BCUT2D eigenvalue weighted by Gasteiger charge is 2.15. The van der Waals surface area contributed by atoms with Crippen LogP contribution in [0.4, 0.5) is 5.82 Å². The highest BCUT2D eigenvalue weighted by molar-refractivity contribution is 6.04. The Balaban J connectivity index is 1.75. The molecule has 2 heterocycles. The molecule has 6 nitrogen and oxygen atoms in total. The van der Waals surface area contributed by atoms with Gasteiger partial charge in [-0.15, -0.1) is 0 Å². The molecule has 108 valence electrons. The van der Waals surface area contributed by atoms with Gasteiger partial charge in [0.2, 0.25) is 0 Å². The normalized spacial score (nSPS) is 12.8. The Hall–Kier alpha value is -2.60. The Morgan fingerprint density at radius 2 is 2.00 bits per heavy atom. The molecule has 0 spiro atoms. The van der Waals surface area contributed by atoms with Gasteiger partial charge in [-0.1, -0.05) is 6.07 Å². The summed E-state index contributed by atoms with van der Waals surface area (Å²) in [6.45, 7) is 1.43. The van der Waals surface area contributed by atoms with Crippen molar-refractivity contribution in [2.75, 3.05) is 18.5 Å². The van der Waals surface area contributed by atoms with Crippen molar-refractivity contribution in [1.82, 2.24) is 4.98 Å². The topological polar surface area (TPSA) is 86.5 Å². The van der Waals surface area contributed by atoms with Gasteiger partial charge in [-0.05, 0) is 29.8 Å². The summed E-state index contributed by atoms with van der Waals surface area (Å²) in [6, 6.07) is 8.63. The molecule has 3 rings (SSSR count). The van der Waals surface area contributed by atoms with Crippen molar-refractivity contribution in [3.63, 3.8) is 0 Å². The minimum atomic E-state index is -0.250. The van der Waals surface area contributed by atoms with E-state index in [9.17, 15) is 4.79 Å². The van der Waals surface area contributed by atoms with Crippen LogP contribution in [0.5, 0.6) is 11.5 Å². The molecular weight excluding hydrogens is 270 g/mol. The average molecular weight is 285 g/mol. The third kappa shape index (κ3) is 2.95. The number of hydrogen-bond acceptors (Lipinski definition) is 5. The van der Waals surface area contributed by atoms with Crippen LogP contribution >= 0.6 is 0 Å². The molecule has 1 aliphatic heterocycles. The lowest BCUT2D eigenvalue weighted by Gasteiger charge is -2.18. The summed E-state index contributed by atoms with van der Waals surface area (Å²) < 4.78 is 10.9. The van der Waals surface area contributed by atoms with Gasteiger partial charge in [0.25, 0.3) is 5.91 Å². The molecule has 6 heteroatoms. The zero-order chi connectivity index (χ0) is 14.7. The minimum Gasteiger partial charge on any atom is -0.486 e. The van der Waals surface area contributed by atoms with Crippen molar-refractivity contribution >= 4 is 11.7 Å². The molecule has 0 saturated carbocycles. The maximum absolute atomic E-state index is 12.2. The summed E-state index contributed by atoms with van der Waals surface area (Å²) in [5.41, 5.74) is 6.90. The van der Waals surface area contributed by atoms with E-state index in [4.69, 9.17) is 15.2 Å². The summed E-state index contributed by atoms with van der Waals surface area (Å²) in [4.78, 5) is 16.3. The van der Waals surface area contributed by atoms with E-state index in [0.29, 0.717) is 42.6 Å². The predicted molar refractivity (Wildman–Crippen MR) is 77.5 cm³/mol. The monoisotopic (exact) mass is 285 g/mol. The number of nitrogens with one attached hydrogen (secondary N) is 1. The second-order valence-electron chi connectivity index (χ2n) is 4.57. The van der Waals surface area contributed by atoms with E-state index < -0.39 is 0 Å². The summed E-state index contributed by atoms with van der Waals surface area (Å²) in [5, 5.41) is 2.73. The number of hydrogen-bond donors (Lipinski definition) is 2. The molecule has 2 aromatic rings. The smallest absolute Gasteiger partial charge is 0.256 e. The molecule has 1 aromatic heterocycles. The van der Waals surface area contributed by atoms with Crippen LogP contribution in [0.3, 0.4) is 0 Å². The standard InChI is InChI=1S/C15H15N3O3/c16-8-10-1-4-14(17-9-10)18-15(19)11-2-3-12-13(7-11)21-6-5-20-12/h1-4,7,9H,5-6,8,16H2,(H,17,18,19). The molecule has 1 aliphatic rings. The van der Waals surface area contributed by atoms with Crippen LogP contribution in [0.15, 0.2) is 36.5 Å². The molecule has 0 fully saturated rings. The SMILES string of the molecule is NCc1ccc(NC(=O)c2ccc3c(c2)OCCO3)nc1.